The van der Waals surface area contributed by atoms with Crippen molar-refractivity contribution < 1.29 is 9.90 Å². The van der Waals surface area contributed by atoms with Crippen molar-refractivity contribution >= 4 is 11.6 Å². The van der Waals surface area contributed by atoms with Crippen LogP contribution in [0.4, 0.5) is 5.69 Å². The molecule has 0 spiro atoms. The van der Waals surface area contributed by atoms with Crippen molar-refractivity contribution in [1.82, 2.24) is 4.90 Å². The van der Waals surface area contributed by atoms with E-state index in [0.29, 0.717) is 18.7 Å². The summed E-state index contributed by atoms with van der Waals surface area (Å²) in [6, 6.07) is 7.53. The van der Waals surface area contributed by atoms with Gasteiger partial charge in [0.2, 0.25) is 0 Å². The van der Waals surface area contributed by atoms with Crippen LogP contribution in [0, 0.1) is 0 Å². The van der Waals surface area contributed by atoms with Gasteiger partial charge in [-0.1, -0.05) is 19.1 Å². The molecule has 0 unspecified atom stereocenters. The van der Waals surface area contributed by atoms with Gasteiger partial charge in [-0.05, 0) is 25.5 Å². The van der Waals surface area contributed by atoms with Gasteiger partial charge in [0.1, 0.15) is 0 Å². The van der Waals surface area contributed by atoms with E-state index in [1.54, 1.807) is 11.8 Å². The monoisotopic (exact) mass is 248 g/mol. The Bertz CT molecular complexity index is 435. The van der Waals surface area contributed by atoms with Gasteiger partial charge >= 0.3 is 0 Å². The number of nitrogens with one attached hydrogen (secondary N) is 1. The van der Waals surface area contributed by atoms with Gasteiger partial charge in [-0.15, -0.1) is 0 Å². The van der Waals surface area contributed by atoms with E-state index in [2.05, 4.69) is 12.2 Å². The summed E-state index contributed by atoms with van der Waals surface area (Å²) >= 11 is 0. The molecule has 1 aromatic rings. The van der Waals surface area contributed by atoms with Crippen molar-refractivity contribution in [3.8, 4) is 0 Å². The number of carbonyl (C=O) groups excluding carboxylic acids is 1. The van der Waals surface area contributed by atoms with Gasteiger partial charge in [-0.25, -0.2) is 0 Å². The second kappa shape index (κ2) is 4.98. The van der Waals surface area contributed by atoms with Gasteiger partial charge in [0.05, 0.1) is 24.3 Å². The largest absolute Gasteiger partial charge is 0.386 e. The minimum Gasteiger partial charge on any atom is -0.386 e. The van der Waals surface area contributed by atoms with Crippen LogP contribution in [0.1, 0.15) is 30.6 Å². The highest BCUT2D eigenvalue weighted by molar-refractivity contribution is 6.00. The number of amides is 1. The summed E-state index contributed by atoms with van der Waals surface area (Å²) < 4.78 is 0. The van der Waals surface area contributed by atoms with Crippen LogP contribution in [0.3, 0.4) is 0 Å². The maximum absolute atomic E-state index is 12.3. The van der Waals surface area contributed by atoms with Crippen LogP contribution < -0.4 is 5.32 Å². The van der Waals surface area contributed by atoms with Gasteiger partial charge < -0.3 is 15.3 Å². The van der Waals surface area contributed by atoms with Gasteiger partial charge in [0, 0.05) is 12.2 Å². The Hall–Kier alpha value is -1.55. The van der Waals surface area contributed by atoms with Crippen molar-refractivity contribution in [2.75, 3.05) is 25.0 Å². The maximum Gasteiger partial charge on any atom is 0.256 e. The number of aliphatic hydroxyl groups is 1. The molecule has 98 valence electrons. The van der Waals surface area contributed by atoms with Gasteiger partial charge in [0.15, 0.2) is 0 Å². The summed E-state index contributed by atoms with van der Waals surface area (Å²) in [5.74, 6) is -0.0132. The van der Waals surface area contributed by atoms with Gasteiger partial charge in [-0.2, -0.15) is 0 Å². The number of benzene rings is 1. The lowest BCUT2D eigenvalue weighted by Crippen LogP contribution is -2.61. The Morgan fingerprint density at radius 3 is 2.72 bits per heavy atom. The lowest BCUT2D eigenvalue weighted by Gasteiger charge is -2.44. The zero-order chi connectivity index (χ0) is 13.2. The predicted molar refractivity (Wildman–Crippen MR) is 71.8 cm³/mol. The maximum atomic E-state index is 12.3. The Morgan fingerprint density at radius 1 is 1.44 bits per heavy atom. The van der Waals surface area contributed by atoms with E-state index in [9.17, 15) is 9.90 Å². The molecule has 1 saturated heterocycles. The summed E-state index contributed by atoms with van der Waals surface area (Å²) in [6.45, 7) is 5.51. The number of carbonyl (C=O) groups is 1. The van der Waals surface area contributed by atoms with E-state index in [-0.39, 0.29) is 5.91 Å². The number of hydrogen-bond donors (Lipinski definition) is 2. The van der Waals surface area contributed by atoms with Gasteiger partial charge in [0.25, 0.3) is 5.91 Å². The zero-order valence-corrected chi connectivity index (χ0v) is 10.9. The Balaban J connectivity index is 2.10. The first-order valence-electron chi connectivity index (χ1n) is 6.38. The molecule has 0 radical (unpaired) electrons. The summed E-state index contributed by atoms with van der Waals surface area (Å²) in [6.07, 6.45) is 1.01. The Kier molecular flexibility index (Phi) is 3.57. The Labute approximate surface area is 108 Å². The Morgan fingerprint density at radius 2 is 2.11 bits per heavy atom. The molecule has 1 heterocycles. The van der Waals surface area contributed by atoms with E-state index < -0.39 is 5.60 Å². The first-order chi connectivity index (χ1) is 8.53. The van der Waals surface area contributed by atoms with Crippen molar-refractivity contribution in [1.29, 1.82) is 0 Å². The summed E-state index contributed by atoms with van der Waals surface area (Å²) in [5, 5.41) is 12.9. The summed E-state index contributed by atoms with van der Waals surface area (Å²) in [5.41, 5.74) is 0.832. The number of para-hydroxylation sites is 1. The summed E-state index contributed by atoms with van der Waals surface area (Å²) in [7, 11) is 0. The number of hydrogen-bond acceptors (Lipinski definition) is 3. The SMILES string of the molecule is CCCNc1ccccc1C(=O)N1CC(C)(O)C1. The van der Waals surface area contributed by atoms with Crippen molar-refractivity contribution in [3.05, 3.63) is 29.8 Å². The lowest BCUT2D eigenvalue weighted by atomic mass is 9.95. The molecule has 0 saturated carbocycles. The number of anilines is 1. The van der Waals surface area contributed by atoms with E-state index in [0.717, 1.165) is 18.7 Å². The fourth-order valence-corrected chi connectivity index (χ4v) is 2.17. The molecule has 4 nitrogen and oxygen atoms in total. The fraction of sp³-hybridized carbons (Fsp3) is 0.500. The topological polar surface area (TPSA) is 52.6 Å². The number of nitrogens with zero attached hydrogens (tertiary/aromatic N) is 1. The van der Waals surface area contributed by atoms with Crippen LogP contribution in [-0.4, -0.2) is 41.1 Å². The van der Waals surface area contributed by atoms with E-state index in [4.69, 9.17) is 0 Å². The predicted octanol–water partition coefficient (Wildman–Crippen LogP) is 1.72. The fourth-order valence-electron chi connectivity index (χ4n) is 2.17. The minimum atomic E-state index is -0.721. The van der Waals surface area contributed by atoms with Crippen molar-refractivity contribution in [2.24, 2.45) is 0 Å². The van der Waals surface area contributed by atoms with Crippen molar-refractivity contribution in [3.63, 3.8) is 0 Å². The normalized spacial score (nSPS) is 17.2. The molecule has 2 rings (SSSR count). The number of β-amino-alcohol motifs (C(OH)–C–C–N with tert-alkyl or cyclic N) is 1. The highest BCUT2D eigenvalue weighted by Gasteiger charge is 2.40. The third-order valence-electron chi connectivity index (χ3n) is 3.07. The average molecular weight is 248 g/mol. The van der Waals surface area contributed by atoms with Crippen LogP contribution in [0.2, 0.25) is 0 Å². The molecular formula is C14H20N2O2. The number of likely N-dealkylation sites (tertiary alicyclic amines) is 1. The molecule has 1 amide bonds. The molecule has 1 aliphatic rings. The first-order valence-corrected chi connectivity index (χ1v) is 6.38. The highest BCUT2D eigenvalue weighted by Crippen LogP contribution is 2.25. The number of rotatable bonds is 4. The second-order valence-electron chi connectivity index (χ2n) is 5.13. The van der Waals surface area contributed by atoms with Crippen LogP contribution in [0.5, 0.6) is 0 Å². The molecule has 1 aliphatic heterocycles. The minimum absolute atomic E-state index is 0.0132. The molecule has 2 N–H and O–H groups in total. The average Bonchev–Trinajstić information content (AvgIpc) is 2.33. The van der Waals surface area contributed by atoms with Gasteiger partial charge in [-0.3, -0.25) is 4.79 Å². The molecule has 0 aliphatic carbocycles. The van der Waals surface area contributed by atoms with Crippen LogP contribution in [0.25, 0.3) is 0 Å². The molecule has 0 aromatic heterocycles. The van der Waals surface area contributed by atoms with Crippen LogP contribution >= 0.6 is 0 Å². The highest BCUT2D eigenvalue weighted by atomic mass is 16.3. The second-order valence-corrected chi connectivity index (χ2v) is 5.13. The van der Waals surface area contributed by atoms with Crippen LogP contribution in [-0.2, 0) is 0 Å². The molecule has 0 atom stereocenters. The standard InChI is InChI=1S/C14H20N2O2/c1-3-8-15-12-7-5-4-6-11(12)13(17)16-9-14(2,18)10-16/h4-7,15,18H,3,8-10H2,1-2H3. The summed E-state index contributed by atoms with van der Waals surface area (Å²) in [4.78, 5) is 13.9. The third kappa shape index (κ3) is 2.64. The quantitative estimate of drug-likeness (QED) is 0.853. The smallest absolute Gasteiger partial charge is 0.256 e. The van der Waals surface area contributed by atoms with E-state index >= 15 is 0 Å². The van der Waals surface area contributed by atoms with Crippen molar-refractivity contribution in [2.45, 2.75) is 25.9 Å². The zero-order valence-electron chi connectivity index (χ0n) is 10.9. The molecule has 1 fully saturated rings. The molecule has 18 heavy (non-hydrogen) atoms. The first kappa shape index (κ1) is 12.9. The molecular weight excluding hydrogens is 228 g/mol. The molecule has 1 aromatic carbocycles. The van der Waals surface area contributed by atoms with Crippen LogP contribution in [0.15, 0.2) is 24.3 Å². The molecule has 0 bridgehead atoms. The van der Waals surface area contributed by atoms with E-state index in [1.807, 2.05) is 24.3 Å². The lowest BCUT2D eigenvalue weighted by molar-refractivity contribution is -0.0668. The molecule has 4 heteroatoms. The van der Waals surface area contributed by atoms with E-state index in [1.165, 1.54) is 0 Å². The third-order valence-corrected chi connectivity index (χ3v) is 3.07.